The Morgan fingerprint density at radius 3 is 2.71 bits per heavy atom. The number of hydrazone groups is 1. The van der Waals surface area contributed by atoms with Crippen molar-refractivity contribution in [2.45, 2.75) is 13.8 Å². The molecule has 0 spiro atoms. The number of hydrogen-bond donors (Lipinski definition) is 1. The Hall–Kier alpha value is -3.39. The van der Waals surface area contributed by atoms with E-state index in [-0.39, 0.29) is 5.69 Å². The van der Waals surface area contributed by atoms with Gasteiger partial charge in [0, 0.05) is 28.0 Å². The van der Waals surface area contributed by atoms with Gasteiger partial charge in [-0.2, -0.15) is 5.10 Å². The molecule has 0 aliphatic rings. The van der Waals surface area contributed by atoms with E-state index < -0.39 is 4.92 Å². The molecule has 0 saturated heterocycles. The summed E-state index contributed by atoms with van der Waals surface area (Å²) in [6.45, 7) is 3.95. The van der Waals surface area contributed by atoms with Crippen molar-refractivity contribution in [1.29, 1.82) is 0 Å². The molecule has 9 heteroatoms. The SMILES string of the molecule is COc1ccc(Cl)cc1-n1c(C)cc(/C=N/Nc2ccc([N+](=O)[O-])cn2)c1C. The molecule has 1 aromatic carbocycles. The second-order valence-corrected chi connectivity index (χ2v) is 6.44. The molecule has 2 aromatic heterocycles. The van der Waals surface area contributed by atoms with Crippen molar-refractivity contribution >= 4 is 29.3 Å². The molecule has 0 radical (unpaired) electrons. The average Bonchev–Trinajstić information content (AvgIpc) is 2.95. The quantitative estimate of drug-likeness (QED) is 0.374. The van der Waals surface area contributed by atoms with Crippen molar-refractivity contribution in [1.82, 2.24) is 9.55 Å². The van der Waals surface area contributed by atoms with Crippen LogP contribution in [0.1, 0.15) is 17.0 Å². The van der Waals surface area contributed by atoms with Crippen LogP contribution in [0.3, 0.4) is 0 Å². The first kappa shape index (κ1) is 19.4. The molecule has 0 aliphatic heterocycles. The minimum absolute atomic E-state index is 0.0754. The minimum atomic E-state index is -0.501. The summed E-state index contributed by atoms with van der Waals surface area (Å²) in [7, 11) is 1.62. The van der Waals surface area contributed by atoms with E-state index in [0.717, 1.165) is 22.6 Å². The van der Waals surface area contributed by atoms with Gasteiger partial charge in [0.05, 0.1) is 23.9 Å². The lowest BCUT2D eigenvalue weighted by atomic mass is 10.2. The van der Waals surface area contributed by atoms with Crippen LogP contribution in [-0.4, -0.2) is 27.8 Å². The minimum Gasteiger partial charge on any atom is -0.495 e. The standard InChI is InChI=1S/C19H18ClN5O3/c1-12-8-14(10-22-23-19-7-5-16(11-21-19)25(26)27)13(2)24(12)17-9-15(20)4-6-18(17)28-3/h4-11H,1-3H3,(H,21,23)/b22-10+. The Kier molecular flexibility index (Phi) is 5.60. The third kappa shape index (κ3) is 3.96. The number of nitrogens with zero attached hydrogens (tertiary/aromatic N) is 4. The highest BCUT2D eigenvalue weighted by Gasteiger charge is 2.14. The predicted octanol–water partition coefficient (Wildman–Crippen LogP) is 4.51. The highest BCUT2D eigenvalue weighted by molar-refractivity contribution is 6.30. The number of pyridine rings is 1. The van der Waals surface area contributed by atoms with Gasteiger partial charge in [-0.05, 0) is 44.2 Å². The van der Waals surface area contributed by atoms with Crippen LogP contribution in [0.2, 0.25) is 5.02 Å². The number of rotatable bonds is 6. The monoisotopic (exact) mass is 399 g/mol. The lowest BCUT2D eigenvalue weighted by Crippen LogP contribution is -2.02. The zero-order chi connectivity index (χ0) is 20.3. The third-order valence-electron chi connectivity index (χ3n) is 4.19. The van der Waals surface area contributed by atoms with Gasteiger partial charge in [-0.15, -0.1) is 0 Å². The van der Waals surface area contributed by atoms with Crippen LogP contribution in [0.15, 0.2) is 47.7 Å². The molecule has 0 amide bonds. The molecule has 0 saturated carbocycles. The van der Waals surface area contributed by atoms with Crippen LogP contribution in [0.4, 0.5) is 11.5 Å². The number of nitrogens with one attached hydrogen (secondary N) is 1. The van der Waals surface area contributed by atoms with E-state index in [4.69, 9.17) is 16.3 Å². The van der Waals surface area contributed by atoms with Crippen molar-refractivity contribution < 1.29 is 9.66 Å². The van der Waals surface area contributed by atoms with Crippen molar-refractivity contribution in [2.24, 2.45) is 5.10 Å². The van der Waals surface area contributed by atoms with Gasteiger partial charge in [-0.1, -0.05) is 11.6 Å². The first-order valence-corrected chi connectivity index (χ1v) is 8.71. The molecule has 0 aliphatic carbocycles. The zero-order valence-electron chi connectivity index (χ0n) is 15.5. The van der Waals surface area contributed by atoms with Gasteiger partial charge in [0.2, 0.25) is 0 Å². The fraction of sp³-hybridized carbons (Fsp3) is 0.158. The molecule has 0 bridgehead atoms. The van der Waals surface area contributed by atoms with Gasteiger partial charge in [-0.25, -0.2) is 4.98 Å². The van der Waals surface area contributed by atoms with E-state index in [9.17, 15) is 10.1 Å². The molecular formula is C19H18ClN5O3. The molecule has 0 unspecified atom stereocenters. The highest BCUT2D eigenvalue weighted by atomic mass is 35.5. The second-order valence-electron chi connectivity index (χ2n) is 6.01. The summed E-state index contributed by atoms with van der Waals surface area (Å²) in [5.41, 5.74) is 6.38. The number of aromatic nitrogens is 2. The number of ether oxygens (including phenoxy) is 1. The maximum atomic E-state index is 10.7. The smallest absolute Gasteiger partial charge is 0.287 e. The lowest BCUT2D eigenvalue weighted by molar-refractivity contribution is -0.385. The molecule has 2 heterocycles. The second kappa shape index (κ2) is 8.10. The number of halogens is 1. The number of methoxy groups -OCH3 is 1. The van der Waals surface area contributed by atoms with Crippen molar-refractivity contribution in [3.8, 4) is 11.4 Å². The maximum Gasteiger partial charge on any atom is 0.287 e. The van der Waals surface area contributed by atoms with Crippen molar-refractivity contribution in [3.05, 3.63) is 74.7 Å². The first-order valence-electron chi connectivity index (χ1n) is 8.33. The Bertz CT molecular complexity index is 1040. The molecule has 144 valence electrons. The van der Waals surface area contributed by atoms with Crippen LogP contribution in [0.25, 0.3) is 5.69 Å². The summed E-state index contributed by atoms with van der Waals surface area (Å²) >= 11 is 6.16. The summed E-state index contributed by atoms with van der Waals surface area (Å²) in [6.07, 6.45) is 2.84. The van der Waals surface area contributed by atoms with Crippen LogP contribution in [-0.2, 0) is 0 Å². The summed E-state index contributed by atoms with van der Waals surface area (Å²) in [5, 5.41) is 15.5. The van der Waals surface area contributed by atoms with E-state index in [1.165, 1.54) is 18.3 Å². The molecule has 1 N–H and O–H groups in total. The molecule has 0 atom stereocenters. The molecule has 28 heavy (non-hydrogen) atoms. The first-order chi connectivity index (χ1) is 13.4. The van der Waals surface area contributed by atoms with E-state index in [1.54, 1.807) is 19.4 Å². The van der Waals surface area contributed by atoms with E-state index >= 15 is 0 Å². The molecular weight excluding hydrogens is 382 g/mol. The molecule has 3 rings (SSSR count). The van der Waals surface area contributed by atoms with Gasteiger partial charge in [0.25, 0.3) is 5.69 Å². The summed E-state index contributed by atoms with van der Waals surface area (Å²) in [5.74, 6) is 1.12. The van der Waals surface area contributed by atoms with Crippen LogP contribution >= 0.6 is 11.6 Å². The normalized spacial score (nSPS) is 11.0. The van der Waals surface area contributed by atoms with Gasteiger partial charge in [0.15, 0.2) is 0 Å². The van der Waals surface area contributed by atoms with Crippen molar-refractivity contribution in [2.75, 3.05) is 12.5 Å². The summed E-state index contributed by atoms with van der Waals surface area (Å²) in [6, 6.07) is 10.3. The molecule has 0 fully saturated rings. The van der Waals surface area contributed by atoms with Gasteiger partial charge < -0.3 is 9.30 Å². The van der Waals surface area contributed by atoms with Gasteiger partial charge >= 0.3 is 0 Å². The number of anilines is 1. The van der Waals surface area contributed by atoms with Crippen LogP contribution in [0.5, 0.6) is 5.75 Å². The number of benzene rings is 1. The van der Waals surface area contributed by atoms with Gasteiger partial charge in [-0.3, -0.25) is 15.5 Å². The Labute approximate surface area is 166 Å². The van der Waals surface area contributed by atoms with E-state index in [0.29, 0.717) is 16.6 Å². The largest absolute Gasteiger partial charge is 0.495 e. The number of nitro groups is 1. The van der Waals surface area contributed by atoms with Crippen LogP contribution in [0, 0.1) is 24.0 Å². The molecule has 3 aromatic rings. The Morgan fingerprint density at radius 1 is 1.29 bits per heavy atom. The maximum absolute atomic E-state index is 10.7. The lowest BCUT2D eigenvalue weighted by Gasteiger charge is -2.14. The average molecular weight is 400 g/mol. The van der Waals surface area contributed by atoms with Crippen LogP contribution < -0.4 is 10.2 Å². The number of hydrogen-bond acceptors (Lipinski definition) is 6. The highest BCUT2D eigenvalue weighted by Crippen LogP contribution is 2.30. The Balaban J connectivity index is 1.85. The molecule has 8 nitrogen and oxygen atoms in total. The topological polar surface area (TPSA) is 94.6 Å². The van der Waals surface area contributed by atoms with E-state index in [2.05, 4.69) is 15.5 Å². The summed E-state index contributed by atoms with van der Waals surface area (Å²) in [4.78, 5) is 14.1. The van der Waals surface area contributed by atoms with Crippen molar-refractivity contribution in [3.63, 3.8) is 0 Å². The van der Waals surface area contributed by atoms with Gasteiger partial charge in [0.1, 0.15) is 17.8 Å². The third-order valence-corrected chi connectivity index (χ3v) is 4.43. The fourth-order valence-electron chi connectivity index (χ4n) is 2.86. The fourth-order valence-corrected chi connectivity index (χ4v) is 3.02. The van der Waals surface area contributed by atoms with E-state index in [1.807, 2.05) is 36.6 Å². The number of aryl methyl sites for hydroxylation is 1. The predicted molar refractivity (Wildman–Crippen MR) is 109 cm³/mol. The Morgan fingerprint density at radius 2 is 2.07 bits per heavy atom. The zero-order valence-corrected chi connectivity index (χ0v) is 16.3. The summed E-state index contributed by atoms with van der Waals surface area (Å²) < 4.78 is 7.50.